The van der Waals surface area contributed by atoms with E-state index in [-0.39, 0.29) is 23.8 Å². The van der Waals surface area contributed by atoms with E-state index in [0.717, 1.165) is 20.9 Å². The van der Waals surface area contributed by atoms with Crippen molar-refractivity contribution in [2.75, 3.05) is 5.32 Å². The van der Waals surface area contributed by atoms with Crippen LogP contribution >= 0.6 is 0 Å². The van der Waals surface area contributed by atoms with Crippen LogP contribution in [0.25, 0.3) is 10.8 Å². The van der Waals surface area contributed by atoms with E-state index >= 15 is 0 Å². The van der Waals surface area contributed by atoms with Crippen LogP contribution in [0.2, 0.25) is 0 Å². The smallest absolute Gasteiger partial charge is 0.312 e. The number of nitrogens with one attached hydrogen (secondary N) is 1. The van der Waals surface area contributed by atoms with Gasteiger partial charge in [0.05, 0.1) is 5.56 Å². The zero-order valence-corrected chi connectivity index (χ0v) is 13.9. The molecule has 126 valence electrons. The molecular weight excluding hydrogens is 318 g/mol. The third-order valence-electron chi connectivity index (χ3n) is 4.89. The fraction of sp³-hybridized carbons (Fsp3) is 0.211. The van der Waals surface area contributed by atoms with Crippen molar-refractivity contribution in [3.8, 4) is 0 Å². The summed E-state index contributed by atoms with van der Waals surface area (Å²) in [4.78, 5) is 37.3. The first-order valence-electron chi connectivity index (χ1n) is 8.06. The topological polar surface area (TPSA) is 73.1 Å². The number of aromatic nitrogens is 2. The number of carbonyl (C=O) groups is 1. The summed E-state index contributed by atoms with van der Waals surface area (Å²) < 4.78 is 2.42. The van der Waals surface area contributed by atoms with E-state index in [1.165, 1.54) is 11.6 Å². The van der Waals surface area contributed by atoms with E-state index in [1.54, 1.807) is 7.05 Å². The summed E-state index contributed by atoms with van der Waals surface area (Å²) in [5.74, 6) is -0.295. The van der Waals surface area contributed by atoms with Crippen LogP contribution in [0.5, 0.6) is 0 Å². The highest BCUT2D eigenvalue weighted by Crippen LogP contribution is 2.37. The number of fused-ring (bicyclic) bond motifs is 2. The van der Waals surface area contributed by atoms with Crippen LogP contribution in [0, 0.1) is 0 Å². The van der Waals surface area contributed by atoms with Gasteiger partial charge in [0, 0.05) is 26.4 Å². The monoisotopic (exact) mass is 335 g/mol. The summed E-state index contributed by atoms with van der Waals surface area (Å²) in [6.07, 6.45) is 0.175. The van der Waals surface area contributed by atoms with Gasteiger partial charge in [-0.3, -0.25) is 18.7 Å². The molecular formula is C19H17N3O3. The van der Waals surface area contributed by atoms with Gasteiger partial charge in [0.1, 0.15) is 5.82 Å². The van der Waals surface area contributed by atoms with Gasteiger partial charge in [0.2, 0.25) is 5.91 Å². The Kier molecular flexibility index (Phi) is 3.35. The molecule has 4 rings (SSSR count). The van der Waals surface area contributed by atoms with Gasteiger partial charge in [-0.2, -0.15) is 0 Å². The van der Waals surface area contributed by atoms with Gasteiger partial charge < -0.3 is 5.32 Å². The Morgan fingerprint density at radius 3 is 2.48 bits per heavy atom. The predicted molar refractivity (Wildman–Crippen MR) is 96.0 cm³/mol. The molecule has 0 aliphatic carbocycles. The fourth-order valence-electron chi connectivity index (χ4n) is 3.63. The van der Waals surface area contributed by atoms with Crippen LogP contribution in [0.1, 0.15) is 23.5 Å². The molecule has 0 saturated heterocycles. The summed E-state index contributed by atoms with van der Waals surface area (Å²) in [7, 11) is 3.02. The van der Waals surface area contributed by atoms with Crippen molar-refractivity contribution in [1.82, 2.24) is 9.13 Å². The minimum absolute atomic E-state index is 0.175. The molecule has 0 spiro atoms. The molecule has 25 heavy (non-hydrogen) atoms. The highest BCUT2D eigenvalue weighted by atomic mass is 16.2. The van der Waals surface area contributed by atoms with Crippen LogP contribution in [0.3, 0.4) is 0 Å². The van der Waals surface area contributed by atoms with Crippen molar-refractivity contribution in [3.63, 3.8) is 0 Å². The first-order chi connectivity index (χ1) is 12.0. The van der Waals surface area contributed by atoms with Crippen LogP contribution < -0.4 is 16.6 Å². The average molecular weight is 335 g/mol. The summed E-state index contributed by atoms with van der Waals surface area (Å²) in [5, 5.41) is 4.75. The van der Waals surface area contributed by atoms with E-state index in [9.17, 15) is 14.4 Å². The lowest BCUT2D eigenvalue weighted by Crippen LogP contribution is -2.44. The molecule has 2 aromatic carbocycles. The second kappa shape index (κ2) is 5.44. The molecule has 0 saturated carbocycles. The summed E-state index contributed by atoms with van der Waals surface area (Å²) in [6.45, 7) is 0. The second-order valence-electron chi connectivity index (χ2n) is 6.34. The number of hydrogen-bond acceptors (Lipinski definition) is 3. The maximum atomic E-state index is 12.8. The Morgan fingerprint density at radius 2 is 1.68 bits per heavy atom. The van der Waals surface area contributed by atoms with Crippen LogP contribution in [0.15, 0.2) is 52.1 Å². The minimum Gasteiger partial charge on any atom is -0.312 e. The number of hydrogen-bond donors (Lipinski definition) is 1. The Balaban J connectivity index is 2.08. The van der Waals surface area contributed by atoms with Gasteiger partial charge in [-0.05, 0) is 16.3 Å². The molecule has 2 heterocycles. The normalized spacial score (nSPS) is 16.6. The molecule has 0 radical (unpaired) electrons. The van der Waals surface area contributed by atoms with E-state index < -0.39 is 5.69 Å². The number of carbonyl (C=O) groups excluding carboxylic acids is 1. The van der Waals surface area contributed by atoms with Crippen molar-refractivity contribution >= 4 is 22.5 Å². The number of nitrogens with zero attached hydrogens (tertiary/aromatic N) is 2. The first kappa shape index (κ1) is 15.4. The highest BCUT2D eigenvalue weighted by Gasteiger charge is 2.33. The number of amides is 1. The summed E-state index contributed by atoms with van der Waals surface area (Å²) in [6, 6.07) is 13.8. The minimum atomic E-state index is -0.456. The van der Waals surface area contributed by atoms with E-state index in [4.69, 9.17) is 0 Å². The van der Waals surface area contributed by atoms with Crippen molar-refractivity contribution < 1.29 is 4.79 Å². The SMILES string of the molecule is Cn1c2c(c(=O)n(C)c1=O)C(c1cccc3ccccc13)CC(=O)N2. The quantitative estimate of drug-likeness (QED) is 0.736. The summed E-state index contributed by atoms with van der Waals surface area (Å²) >= 11 is 0. The lowest BCUT2D eigenvalue weighted by atomic mass is 9.84. The van der Waals surface area contributed by atoms with Crippen molar-refractivity contribution in [1.29, 1.82) is 0 Å². The lowest BCUT2D eigenvalue weighted by molar-refractivity contribution is -0.116. The molecule has 3 aromatic rings. The summed E-state index contributed by atoms with van der Waals surface area (Å²) in [5.41, 5.74) is 0.559. The second-order valence-corrected chi connectivity index (χ2v) is 6.34. The van der Waals surface area contributed by atoms with E-state index in [1.807, 2.05) is 42.5 Å². The molecule has 1 atom stereocenters. The maximum absolute atomic E-state index is 12.8. The molecule has 6 nitrogen and oxygen atoms in total. The standard InChI is InChI=1S/C19H17N3O3/c1-21-17-16(18(24)22(2)19(21)25)14(10-15(23)20-17)13-9-5-7-11-6-3-4-8-12(11)13/h3-9,14H,10H2,1-2H3,(H,20,23). The molecule has 1 aliphatic heterocycles. The maximum Gasteiger partial charge on any atom is 0.332 e. The lowest BCUT2D eigenvalue weighted by Gasteiger charge is -2.27. The van der Waals surface area contributed by atoms with Crippen LogP contribution in [-0.2, 0) is 18.9 Å². The average Bonchev–Trinajstić information content (AvgIpc) is 2.63. The van der Waals surface area contributed by atoms with Gasteiger partial charge in [-0.25, -0.2) is 4.79 Å². The Hall–Kier alpha value is -3.15. The molecule has 1 aromatic heterocycles. The van der Waals surface area contributed by atoms with Gasteiger partial charge in [-0.1, -0.05) is 42.5 Å². The van der Waals surface area contributed by atoms with E-state index in [2.05, 4.69) is 5.32 Å². The van der Waals surface area contributed by atoms with Crippen molar-refractivity contribution in [2.45, 2.75) is 12.3 Å². The molecule has 1 amide bonds. The largest absolute Gasteiger partial charge is 0.332 e. The number of benzene rings is 2. The Morgan fingerprint density at radius 1 is 0.960 bits per heavy atom. The molecule has 0 fully saturated rings. The van der Waals surface area contributed by atoms with Crippen LogP contribution in [-0.4, -0.2) is 15.0 Å². The molecule has 0 bridgehead atoms. The van der Waals surface area contributed by atoms with Crippen LogP contribution in [0.4, 0.5) is 5.82 Å². The highest BCUT2D eigenvalue weighted by molar-refractivity contribution is 5.96. The molecule has 1 N–H and O–H groups in total. The number of rotatable bonds is 1. The van der Waals surface area contributed by atoms with E-state index in [0.29, 0.717) is 11.4 Å². The number of anilines is 1. The molecule has 1 aliphatic rings. The Labute approximate surface area is 143 Å². The third kappa shape index (κ3) is 2.21. The fourth-order valence-corrected chi connectivity index (χ4v) is 3.63. The Bertz CT molecular complexity index is 1140. The molecule has 6 heteroatoms. The predicted octanol–water partition coefficient (Wildman–Crippen LogP) is 1.71. The zero-order chi connectivity index (χ0) is 17.7. The van der Waals surface area contributed by atoms with Crippen molar-refractivity contribution in [3.05, 3.63) is 74.4 Å². The van der Waals surface area contributed by atoms with Gasteiger partial charge >= 0.3 is 5.69 Å². The first-order valence-corrected chi connectivity index (χ1v) is 8.06. The van der Waals surface area contributed by atoms with Gasteiger partial charge in [0.15, 0.2) is 0 Å². The van der Waals surface area contributed by atoms with Crippen molar-refractivity contribution in [2.24, 2.45) is 14.1 Å². The molecule has 1 unspecified atom stereocenters. The third-order valence-corrected chi connectivity index (χ3v) is 4.89. The zero-order valence-electron chi connectivity index (χ0n) is 13.9. The van der Waals surface area contributed by atoms with Gasteiger partial charge in [0.25, 0.3) is 5.56 Å². The van der Waals surface area contributed by atoms with Gasteiger partial charge in [-0.15, -0.1) is 0 Å².